The Morgan fingerprint density at radius 3 is 2.00 bits per heavy atom. The summed E-state index contributed by atoms with van der Waals surface area (Å²) >= 11 is 6.28. The number of amides is 1. The molecule has 10 nitrogen and oxygen atoms in total. The zero-order valence-corrected chi connectivity index (χ0v) is 22.3. The van der Waals surface area contributed by atoms with Crippen molar-refractivity contribution in [3.8, 4) is 0 Å². The summed E-state index contributed by atoms with van der Waals surface area (Å²) in [5.41, 5.74) is 0.816. The number of hydrogen-bond acceptors (Lipinski definition) is 7. The standard InChI is InChI=1S/C27H30ClN6O4/c1-26(2)13-20(14-27(3,4)34(26)38)31-23(35)16-5-9-18(10-6-16)30-22-21(28)15-29-25(33-22)32-19-11-7-17(8-12-19)24(36)37/h5-12,15,20H,13-14H2,1-4H3,(H,31,35)(H,36,37)(H2,29,30,32,33). The van der Waals surface area contributed by atoms with Gasteiger partial charge in [0, 0.05) is 34.1 Å². The van der Waals surface area contributed by atoms with E-state index in [1.54, 1.807) is 36.4 Å². The van der Waals surface area contributed by atoms with Crippen molar-refractivity contribution >= 4 is 46.6 Å². The fourth-order valence-electron chi connectivity index (χ4n) is 4.82. The molecule has 1 aliphatic rings. The smallest absolute Gasteiger partial charge is 0.335 e. The Labute approximate surface area is 226 Å². The van der Waals surface area contributed by atoms with Gasteiger partial charge < -0.3 is 21.1 Å². The highest BCUT2D eigenvalue weighted by atomic mass is 35.5. The van der Waals surface area contributed by atoms with Gasteiger partial charge in [-0.1, -0.05) is 11.6 Å². The third-order valence-corrected chi connectivity index (χ3v) is 6.75. The van der Waals surface area contributed by atoms with E-state index in [9.17, 15) is 14.8 Å². The highest BCUT2D eigenvalue weighted by Gasteiger charge is 2.46. The van der Waals surface area contributed by atoms with Crippen LogP contribution in [0.25, 0.3) is 0 Å². The number of rotatable bonds is 7. The number of aromatic nitrogens is 2. The van der Waals surface area contributed by atoms with Crippen LogP contribution in [0.2, 0.25) is 5.02 Å². The molecule has 1 fully saturated rings. The average Bonchev–Trinajstić information content (AvgIpc) is 2.85. The van der Waals surface area contributed by atoms with Crippen LogP contribution in [0.4, 0.5) is 23.1 Å². The molecule has 0 unspecified atom stereocenters. The van der Waals surface area contributed by atoms with E-state index in [1.165, 1.54) is 18.3 Å². The number of nitrogens with one attached hydrogen (secondary N) is 3. The van der Waals surface area contributed by atoms with Gasteiger partial charge in [-0.2, -0.15) is 4.98 Å². The molecule has 1 aromatic heterocycles. The molecule has 1 aliphatic heterocycles. The monoisotopic (exact) mass is 537 g/mol. The van der Waals surface area contributed by atoms with E-state index < -0.39 is 17.0 Å². The Bertz CT molecular complexity index is 1310. The first kappa shape index (κ1) is 27.3. The summed E-state index contributed by atoms with van der Waals surface area (Å²) in [7, 11) is 0. The second kappa shape index (κ2) is 10.6. The second-order valence-electron chi connectivity index (χ2n) is 10.6. The number of aromatic carboxylic acids is 1. The van der Waals surface area contributed by atoms with Gasteiger partial charge in [0.15, 0.2) is 5.82 Å². The van der Waals surface area contributed by atoms with Crippen molar-refractivity contribution in [3.63, 3.8) is 0 Å². The largest absolute Gasteiger partial charge is 0.478 e. The predicted octanol–water partition coefficient (Wildman–Crippen LogP) is 5.41. The molecule has 4 rings (SSSR count). The van der Waals surface area contributed by atoms with Crippen LogP contribution in [0.15, 0.2) is 54.7 Å². The molecule has 1 saturated heterocycles. The number of hydroxylamine groups is 2. The number of carbonyl (C=O) groups excluding carboxylic acids is 1. The van der Waals surface area contributed by atoms with E-state index in [0.717, 1.165) is 5.06 Å². The van der Waals surface area contributed by atoms with Crippen molar-refractivity contribution in [1.82, 2.24) is 20.3 Å². The normalized spacial score (nSPS) is 17.0. The van der Waals surface area contributed by atoms with Gasteiger partial charge >= 0.3 is 5.97 Å². The van der Waals surface area contributed by atoms with Gasteiger partial charge in [0.05, 0.1) is 11.8 Å². The zero-order valence-electron chi connectivity index (χ0n) is 21.6. The first-order chi connectivity index (χ1) is 17.8. The summed E-state index contributed by atoms with van der Waals surface area (Å²) < 4.78 is 0. The van der Waals surface area contributed by atoms with Crippen molar-refractivity contribution in [2.75, 3.05) is 10.6 Å². The van der Waals surface area contributed by atoms with Crippen LogP contribution in [0.5, 0.6) is 0 Å². The lowest BCUT2D eigenvalue weighted by Crippen LogP contribution is -2.62. The van der Waals surface area contributed by atoms with E-state index in [0.29, 0.717) is 40.6 Å². The minimum Gasteiger partial charge on any atom is -0.478 e. The summed E-state index contributed by atoms with van der Waals surface area (Å²) in [6.07, 6.45) is 2.58. The first-order valence-electron chi connectivity index (χ1n) is 12.1. The van der Waals surface area contributed by atoms with E-state index >= 15 is 0 Å². The Hall–Kier alpha value is -3.73. The Kier molecular flexibility index (Phi) is 7.59. The van der Waals surface area contributed by atoms with Gasteiger partial charge in [0.1, 0.15) is 5.02 Å². The number of hydrogen-bond donors (Lipinski definition) is 4. The molecule has 0 aliphatic carbocycles. The molecule has 2 aromatic carbocycles. The number of carboxylic acid groups (broad SMARTS) is 1. The highest BCUT2D eigenvalue weighted by Crippen LogP contribution is 2.37. The average molecular weight is 538 g/mol. The summed E-state index contributed by atoms with van der Waals surface area (Å²) in [6.45, 7) is 7.59. The third-order valence-electron chi connectivity index (χ3n) is 6.47. The van der Waals surface area contributed by atoms with Crippen LogP contribution < -0.4 is 16.0 Å². The minimum atomic E-state index is -1.01. The number of piperidine rings is 1. The third kappa shape index (κ3) is 6.21. The van der Waals surface area contributed by atoms with Crippen LogP contribution in [-0.2, 0) is 5.21 Å². The molecule has 4 N–H and O–H groups in total. The van der Waals surface area contributed by atoms with E-state index in [-0.39, 0.29) is 23.5 Å². The van der Waals surface area contributed by atoms with Crippen molar-refractivity contribution in [2.24, 2.45) is 0 Å². The molecule has 0 atom stereocenters. The first-order valence-corrected chi connectivity index (χ1v) is 12.5. The molecule has 3 aromatic rings. The van der Waals surface area contributed by atoms with Crippen LogP contribution >= 0.6 is 11.6 Å². The maximum atomic E-state index is 12.9. The molecule has 199 valence electrons. The summed E-state index contributed by atoms with van der Waals surface area (Å²) in [5.74, 6) is -0.581. The Balaban J connectivity index is 1.40. The Morgan fingerprint density at radius 2 is 1.45 bits per heavy atom. The lowest BCUT2D eigenvalue weighted by molar-refractivity contribution is -0.289. The lowest BCUT2D eigenvalue weighted by Gasteiger charge is -2.50. The van der Waals surface area contributed by atoms with E-state index in [2.05, 4.69) is 25.9 Å². The lowest BCUT2D eigenvalue weighted by atomic mass is 9.79. The van der Waals surface area contributed by atoms with Gasteiger partial charge in [0.25, 0.3) is 5.91 Å². The molecule has 1 radical (unpaired) electrons. The molecule has 0 saturated carbocycles. The maximum Gasteiger partial charge on any atom is 0.335 e. The number of halogens is 1. The second-order valence-corrected chi connectivity index (χ2v) is 11.0. The van der Waals surface area contributed by atoms with E-state index in [4.69, 9.17) is 16.7 Å². The molecule has 0 bridgehead atoms. The van der Waals surface area contributed by atoms with Crippen LogP contribution in [0.1, 0.15) is 61.3 Å². The van der Waals surface area contributed by atoms with Crippen molar-refractivity contribution < 1.29 is 19.9 Å². The van der Waals surface area contributed by atoms with Crippen LogP contribution in [0, 0.1) is 0 Å². The number of benzene rings is 2. The van der Waals surface area contributed by atoms with Gasteiger partial charge in [-0.15, -0.1) is 10.3 Å². The van der Waals surface area contributed by atoms with Crippen LogP contribution in [0.3, 0.4) is 0 Å². The molecule has 11 heteroatoms. The van der Waals surface area contributed by atoms with Gasteiger partial charge in [-0.05, 0) is 89.1 Å². The SMILES string of the molecule is CC1(C)CC(NC(=O)c2ccc(Nc3nc(Nc4ccc(C(=O)O)cc4)ncc3Cl)cc2)CC(C)(C)N1[O]. The summed E-state index contributed by atoms with van der Waals surface area (Å²) in [5, 5.41) is 32.3. The zero-order chi connectivity index (χ0) is 27.7. The fourth-order valence-corrected chi connectivity index (χ4v) is 4.95. The number of carboxylic acids is 1. The van der Waals surface area contributed by atoms with Crippen molar-refractivity contribution in [1.29, 1.82) is 0 Å². The fraction of sp³-hybridized carbons (Fsp3) is 0.333. The minimum absolute atomic E-state index is 0.110. The quantitative estimate of drug-likeness (QED) is 0.313. The molecule has 2 heterocycles. The van der Waals surface area contributed by atoms with E-state index in [1.807, 2.05) is 27.7 Å². The number of anilines is 4. The van der Waals surface area contributed by atoms with Gasteiger partial charge in [-0.3, -0.25) is 4.79 Å². The molecular formula is C27H30ClN6O4. The summed E-state index contributed by atoms with van der Waals surface area (Å²) in [4.78, 5) is 32.5. The maximum absolute atomic E-state index is 12.9. The highest BCUT2D eigenvalue weighted by molar-refractivity contribution is 6.32. The number of nitrogens with zero attached hydrogens (tertiary/aromatic N) is 3. The predicted molar refractivity (Wildman–Crippen MR) is 145 cm³/mol. The van der Waals surface area contributed by atoms with Crippen LogP contribution in [-0.4, -0.2) is 49.1 Å². The number of carbonyl (C=O) groups is 2. The molecule has 1 amide bonds. The molecule has 0 spiro atoms. The van der Waals surface area contributed by atoms with Crippen molar-refractivity contribution in [3.05, 3.63) is 70.9 Å². The van der Waals surface area contributed by atoms with Gasteiger partial charge in [-0.25, -0.2) is 9.78 Å². The molecule has 38 heavy (non-hydrogen) atoms. The topological polar surface area (TPSA) is 139 Å². The summed E-state index contributed by atoms with van der Waals surface area (Å²) in [6, 6.07) is 13.0. The molecular weight excluding hydrogens is 508 g/mol. The Morgan fingerprint density at radius 1 is 0.921 bits per heavy atom. The van der Waals surface area contributed by atoms with Gasteiger partial charge in [0.2, 0.25) is 5.95 Å². The van der Waals surface area contributed by atoms with Crippen molar-refractivity contribution in [2.45, 2.75) is 57.7 Å².